The minimum Gasteiger partial charge on any atom is -0.487 e. The molecule has 2 aliphatic rings. The molecule has 4 rings (SSSR count). The maximum Gasteiger partial charge on any atom is 0.123 e. The second-order valence-electron chi connectivity index (χ2n) is 8.83. The second kappa shape index (κ2) is 8.26. The van der Waals surface area contributed by atoms with Crippen molar-refractivity contribution in [2.24, 2.45) is 0 Å². The molecule has 0 saturated carbocycles. The first-order valence-electron chi connectivity index (χ1n) is 10.8. The van der Waals surface area contributed by atoms with Crippen LogP contribution in [0.15, 0.2) is 42.5 Å². The van der Waals surface area contributed by atoms with Gasteiger partial charge in [0.1, 0.15) is 11.4 Å². The Hall–Kier alpha value is -1.84. The van der Waals surface area contributed by atoms with Crippen LogP contribution in [0.25, 0.3) is 0 Å². The van der Waals surface area contributed by atoms with E-state index in [1.165, 1.54) is 22.3 Å². The van der Waals surface area contributed by atoms with Gasteiger partial charge >= 0.3 is 0 Å². The number of hydrogen-bond donors (Lipinski definition) is 1. The Morgan fingerprint density at radius 2 is 1.79 bits per heavy atom. The van der Waals surface area contributed by atoms with E-state index in [4.69, 9.17) is 4.74 Å². The number of aryl methyl sites for hydroxylation is 1. The minimum atomic E-state index is 0.0688. The van der Waals surface area contributed by atoms with Crippen LogP contribution in [0.2, 0.25) is 0 Å². The molecule has 0 atom stereocenters. The number of fused-ring (bicyclic) bond motifs is 1. The Morgan fingerprint density at radius 3 is 2.50 bits per heavy atom. The van der Waals surface area contributed by atoms with Crippen LogP contribution in [0.1, 0.15) is 55.4 Å². The van der Waals surface area contributed by atoms with Gasteiger partial charge in [-0.25, -0.2) is 0 Å². The SMILES string of the molecule is CNCc1ccccc1Cc1ccc2c(c1)CCC1(CCN(C(C)C)CC1)O2. The molecule has 0 aliphatic carbocycles. The quantitative estimate of drug-likeness (QED) is 0.825. The molecule has 1 N–H and O–H groups in total. The van der Waals surface area contributed by atoms with Crippen molar-refractivity contribution in [2.45, 2.75) is 64.1 Å². The summed E-state index contributed by atoms with van der Waals surface area (Å²) in [5.41, 5.74) is 5.64. The number of nitrogens with zero attached hydrogens (tertiary/aromatic N) is 1. The lowest BCUT2D eigenvalue weighted by molar-refractivity contribution is -0.0211. The van der Waals surface area contributed by atoms with Crippen molar-refractivity contribution in [3.63, 3.8) is 0 Å². The summed E-state index contributed by atoms with van der Waals surface area (Å²) in [7, 11) is 2.01. The van der Waals surface area contributed by atoms with Crippen molar-refractivity contribution < 1.29 is 4.74 Å². The van der Waals surface area contributed by atoms with E-state index >= 15 is 0 Å². The van der Waals surface area contributed by atoms with Gasteiger partial charge in [0.25, 0.3) is 0 Å². The van der Waals surface area contributed by atoms with Crippen LogP contribution in [-0.2, 0) is 19.4 Å². The predicted octanol–water partition coefficient (Wildman–Crippen LogP) is 4.56. The van der Waals surface area contributed by atoms with E-state index in [1.807, 2.05) is 7.05 Å². The van der Waals surface area contributed by atoms with Crippen molar-refractivity contribution in [2.75, 3.05) is 20.1 Å². The van der Waals surface area contributed by atoms with Gasteiger partial charge in [-0.05, 0) is 81.3 Å². The lowest BCUT2D eigenvalue weighted by Crippen LogP contribution is -2.51. The smallest absolute Gasteiger partial charge is 0.123 e. The normalized spacial score (nSPS) is 18.9. The highest BCUT2D eigenvalue weighted by Crippen LogP contribution is 2.40. The number of likely N-dealkylation sites (tertiary alicyclic amines) is 1. The van der Waals surface area contributed by atoms with Gasteiger partial charge < -0.3 is 15.0 Å². The van der Waals surface area contributed by atoms with Crippen LogP contribution < -0.4 is 10.1 Å². The molecule has 2 aromatic rings. The highest BCUT2D eigenvalue weighted by Gasteiger charge is 2.39. The molecule has 0 amide bonds. The largest absolute Gasteiger partial charge is 0.487 e. The third-order valence-corrected chi connectivity index (χ3v) is 6.62. The van der Waals surface area contributed by atoms with Crippen LogP contribution in [0, 0.1) is 0 Å². The Morgan fingerprint density at radius 1 is 1.04 bits per heavy atom. The summed E-state index contributed by atoms with van der Waals surface area (Å²) in [6.45, 7) is 7.83. The number of benzene rings is 2. The highest BCUT2D eigenvalue weighted by atomic mass is 16.5. The van der Waals surface area contributed by atoms with Gasteiger partial charge in [0, 0.05) is 25.7 Å². The zero-order valence-corrected chi connectivity index (χ0v) is 17.6. The molecule has 3 nitrogen and oxygen atoms in total. The van der Waals surface area contributed by atoms with Gasteiger partial charge in [0.2, 0.25) is 0 Å². The molecule has 3 heteroatoms. The number of ether oxygens (including phenoxy) is 1. The standard InChI is InChI=1S/C25H34N2O/c1-19(2)27-14-12-25(13-15-27)11-10-22-17-20(8-9-24(22)28-25)16-21-6-4-5-7-23(21)18-26-3/h4-9,17,19,26H,10-16,18H2,1-3H3. The number of piperidine rings is 1. The first-order chi connectivity index (χ1) is 13.6. The molecule has 0 radical (unpaired) electrons. The van der Waals surface area contributed by atoms with Gasteiger partial charge in [-0.3, -0.25) is 0 Å². The molecule has 1 saturated heterocycles. The van der Waals surface area contributed by atoms with E-state index < -0.39 is 0 Å². The van der Waals surface area contributed by atoms with Crippen molar-refractivity contribution in [1.82, 2.24) is 10.2 Å². The lowest BCUT2D eigenvalue weighted by Gasteiger charge is -2.45. The van der Waals surface area contributed by atoms with Gasteiger partial charge in [0.05, 0.1) is 0 Å². The van der Waals surface area contributed by atoms with Gasteiger partial charge in [-0.2, -0.15) is 0 Å². The third-order valence-electron chi connectivity index (χ3n) is 6.62. The molecule has 1 fully saturated rings. The Kier molecular flexibility index (Phi) is 5.75. The van der Waals surface area contributed by atoms with Crippen LogP contribution in [0.5, 0.6) is 5.75 Å². The maximum atomic E-state index is 6.62. The summed E-state index contributed by atoms with van der Waals surface area (Å²) >= 11 is 0. The monoisotopic (exact) mass is 378 g/mol. The number of nitrogens with one attached hydrogen (secondary N) is 1. The molecule has 0 bridgehead atoms. The van der Waals surface area contributed by atoms with Crippen molar-refractivity contribution in [3.8, 4) is 5.75 Å². The Bertz CT molecular complexity index is 806. The highest BCUT2D eigenvalue weighted by molar-refractivity contribution is 5.42. The van der Waals surface area contributed by atoms with E-state index in [9.17, 15) is 0 Å². The third kappa shape index (κ3) is 4.11. The topological polar surface area (TPSA) is 24.5 Å². The van der Waals surface area contributed by atoms with Gasteiger partial charge in [-0.15, -0.1) is 0 Å². The molecule has 0 aromatic heterocycles. The van der Waals surface area contributed by atoms with Crippen LogP contribution in [0.4, 0.5) is 0 Å². The first-order valence-corrected chi connectivity index (χ1v) is 10.8. The number of hydrogen-bond acceptors (Lipinski definition) is 3. The minimum absolute atomic E-state index is 0.0688. The molecule has 28 heavy (non-hydrogen) atoms. The van der Waals surface area contributed by atoms with E-state index in [1.54, 1.807) is 0 Å². The van der Waals surface area contributed by atoms with E-state index in [0.29, 0.717) is 6.04 Å². The first kappa shape index (κ1) is 19.5. The fraction of sp³-hybridized carbons (Fsp3) is 0.520. The second-order valence-corrected chi connectivity index (χ2v) is 8.83. The maximum absolute atomic E-state index is 6.62. The van der Waals surface area contributed by atoms with Crippen molar-refractivity contribution in [1.29, 1.82) is 0 Å². The van der Waals surface area contributed by atoms with Crippen LogP contribution >= 0.6 is 0 Å². The predicted molar refractivity (Wildman–Crippen MR) is 116 cm³/mol. The Labute approximate surface area is 170 Å². The summed E-state index contributed by atoms with van der Waals surface area (Å²) < 4.78 is 6.62. The molecular formula is C25H34N2O. The van der Waals surface area contributed by atoms with Gasteiger partial charge in [-0.1, -0.05) is 36.4 Å². The summed E-state index contributed by atoms with van der Waals surface area (Å²) in [6, 6.07) is 16.2. The molecular weight excluding hydrogens is 344 g/mol. The zero-order valence-electron chi connectivity index (χ0n) is 17.6. The zero-order chi connectivity index (χ0) is 19.6. The lowest BCUT2D eigenvalue weighted by atomic mass is 9.82. The summed E-state index contributed by atoms with van der Waals surface area (Å²) in [4.78, 5) is 2.58. The van der Waals surface area contributed by atoms with E-state index in [0.717, 1.165) is 57.5 Å². The average Bonchev–Trinajstić information content (AvgIpc) is 2.70. The molecule has 150 valence electrons. The summed E-state index contributed by atoms with van der Waals surface area (Å²) in [5, 5.41) is 3.28. The summed E-state index contributed by atoms with van der Waals surface area (Å²) in [5.74, 6) is 1.12. The van der Waals surface area contributed by atoms with Crippen molar-refractivity contribution >= 4 is 0 Å². The van der Waals surface area contributed by atoms with Crippen molar-refractivity contribution in [3.05, 3.63) is 64.7 Å². The molecule has 1 spiro atoms. The van der Waals surface area contributed by atoms with Gasteiger partial charge in [0.15, 0.2) is 0 Å². The fourth-order valence-corrected chi connectivity index (χ4v) is 4.80. The Balaban J connectivity index is 1.46. The summed E-state index contributed by atoms with van der Waals surface area (Å²) in [6.07, 6.45) is 5.60. The number of rotatable bonds is 5. The van der Waals surface area contributed by atoms with E-state index in [-0.39, 0.29) is 5.60 Å². The molecule has 2 aromatic carbocycles. The molecule has 2 heterocycles. The fourth-order valence-electron chi connectivity index (χ4n) is 4.80. The van der Waals surface area contributed by atoms with Crippen LogP contribution in [0.3, 0.4) is 0 Å². The molecule has 2 aliphatic heterocycles. The van der Waals surface area contributed by atoms with E-state index in [2.05, 4.69) is 66.5 Å². The van der Waals surface area contributed by atoms with Crippen LogP contribution in [-0.4, -0.2) is 36.7 Å². The molecule has 0 unspecified atom stereocenters. The average molecular weight is 379 g/mol.